The first-order valence-electron chi connectivity index (χ1n) is 9.26. The molecule has 0 aliphatic carbocycles. The van der Waals surface area contributed by atoms with Crippen LogP contribution in [0.1, 0.15) is 46.4 Å². The van der Waals surface area contributed by atoms with Gasteiger partial charge in [0.05, 0.1) is 6.04 Å². The number of rotatable bonds is 4. The Hall–Kier alpha value is -3.41. The Kier molecular flexibility index (Phi) is 4.47. The van der Waals surface area contributed by atoms with Gasteiger partial charge in [0.25, 0.3) is 5.91 Å². The molecule has 1 atom stereocenters. The normalized spacial score (nSPS) is 16.3. The lowest BCUT2D eigenvalue weighted by atomic mass is 9.98. The molecule has 2 N–H and O–H groups in total. The maximum Gasteiger partial charge on any atom is 0.259 e. The molecule has 2 aromatic carbocycles. The number of carbonyl (C=O) groups is 3. The maximum atomic E-state index is 12.6. The van der Waals surface area contributed by atoms with E-state index in [0.717, 1.165) is 22.4 Å². The minimum atomic E-state index is -0.249. The number of anilines is 1. The summed E-state index contributed by atoms with van der Waals surface area (Å²) in [5.74, 6) is -0.424. The van der Waals surface area contributed by atoms with Gasteiger partial charge in [-0.1, -0.05) is 36.9 Å². The summed E-state index contributed by atoms with van der Waals surface area (Å²) in [5.41, 5.74) is 4.74. The van der Waals surface area contributed by atoms with E-state index in [1.54, 1.807) is 12.1 Å². The van der Waals surface area contributed by atoms with Gasteiger partial charge in [0, 0.05) is 28.9 Å². The number of nitrogens with zero attached hydrogens (tertiary/aromatic N) is 1. The van der Waals surface area contributed by atoms with Crippen LogP contribution in [0.25, 0.3) is 5.70 Å². The second-order valence-corrected chi connectivity index (χ2v) is 7.14. The first-order valence-corrected chi connectivity index (χ1v) is 9.26. The largest absolute Gasteiger partial charge is 0.348 e. The molecule has 142 valence electrons. The van der Waals surface area contributed by atoms with Crippen molar-refractivity contribution in [2.24, 2.45) is 0 Å². The molecular weight excluding hydrogens is 354 g/mol. The average molecular weight is 375 g/mol. The number of hydrogen-bond donors (Lipinski definition) is 2. The van der Waals surface area contributed by atoms with Gasteiger partial charge in [0.15, 0.2) is 0 Å². The predicted molar refractivity (Wildman–Crippen MR) is 106 cm³/mol. The van der Waals surface area contributed by atoms with E-state index in [0.29, 0.717) is 24.1 Å². The van der Waals surface area contributed by atoms with Crippen molar-refractivity contribution >= 4 is 29.1 Å². The first kappa shape index (κ1) is 18.0. The highest BCUT2D eigenvalue weighted by atomic mass is 16.2. The topological polar surface area (TPSA) is 78.5 Å². The van der Waals surface area contributed by atoms with Gasteiger partial charge >= 0.3 is 0 Å². The van der Waals surface area contributed by atoms with Crippen LogP contribution in [-0.4, -0.2) is 29.2 Å². The molecule has 0 aromatic heterocycles. The second-order valence-electron chi connectivity index (χ2n) is 7.14. The van der Waals surface area contributed by atoms with Crippen molar-refractivity contribution in [1.82, 2.24) is 10.2 Å². The highest BCUT2D eigenvalue weighted by molar-refractivity contribution is 6.10. The number of carbonyl (C=O) groups excluding carboxylic acids is 3. The Morgan fingerprint density at radius 3 is 2.68 bits per heavy atom. The van der Waals surface area contributed by atoms with Gasteiger partial charge in [-0.05, 0) is 36.6 Å². The Morgan fingerprint density at radius 1 is 1.18 bits per heavy atom. The molecular formula is C22H21N3O3. The second kappa shape index (κ2) is 6.96. The van der Waals surface area contributed by atoms with Crippen LogP contribution in [0, 0.1) is 0 Å². The average Bonchev–Trinajstić information content (AvgIpc) is 2.92. The van der Waals surface area contributed by atoms with Crippen LogP contribution < -0.4 is 10.6 Å². The molecule has 2 aromatic rings. The minimum absolute atomic E-state index is 0.0260. The van der Waals surface area contributed by atoms with Crippen LogP contribution >= 0.6 is 0 Å². The van der Waals surface area contributed by atoms with E-state index in [1.165, 1.54) is 4.90 Å². The lowest BCUT2D eigenvalue weighted by molar-refractivity contribution is -0.122. The van der Waals surface area contributed by atoms with Crippen molar-refractivity contribution in [2.45, 2.75) is 25.8 Å². The van der Waals surface area contributed by atoms with E-state index in [4.69, 9.17) is 0 Å². The number of fused-ring (bicyclic) bond motifs is 2. The van der Waals surface area contributed by atoms with Gasteiger partial charge in [-0.25, -0.2) is 0 Å². The van der Waals surface area contributed by atoms with Crippen LogP contribution in [0.4, 0.5) is 5.69 Å². The van der Waals surface area contributed by atoms with Gasteiger partial charge < -0.3 is 10.6 Å². The molecule has 0 radical (unpaired) electrons. The zero-order valence-corrected chi connectivity index (χ0v) is 15.6. The van der Waals surface area contributed by atoms with Crippen molar-refractivity contribution in [2.75, 3.05) is 11.9 Å². The number of hydrogen-bond acceptors (Lipinski definition) is 3. The summed E-state index contributed by atoms with van der Waals surface area (Å²) in [6, 6.07) is 12.8. The molecule has 0 saturated heterocycles. The van der Waals surface area contributed by atoms with Crippen molar-refractivity contribution in [3.8, 4) is 0 Å². The zero-order valence-electron chi connectivity index (χ0n) is 15.6. The van der Waals surface area contributed by atoms with Gasteiger partial charge in [-0.15, -0.1) is 0 Å². The Morgan fingerprint density at radius 2 is 1.93 bits per heavy atom. The minimum Gasteiger partial charge on any atom is -0.348 e. The van der Waals surface area contributed by atoms with E-state index in [1.807, 2.05) is 37.3 Å². The van der Waals surface area contributed by atoms with E-state index < -0.39 is 0 Å². The zero-order chi connectivity index (χ0) is 19.8. The summed E-state index contributed by atoms with van der Waals surface area (Å²) in [6.07, 6.45) is 1.16. The molecule has 2 aliphatic rings. The van der Waals surface area contributed by atoms with E-state index in [-0.39, 0.29) is 30.3 Å². The third kappa shape index (κ3) is 3.17. The lowest BCUT2D eigenvalue weighted by Crippen LogP contribution is -2.38. The summed E-state index contributed by atoms with van der Waals surface area (Å²) >= 11 is 0. The molecule has 0 bridgehead atoms. The molecule has 2 aliphatic heterocycles. The summed E-state index contributed by atoms with van der Waals surface area (Å²) in [5, 5.41) is 5.80. The fourth-order valence-corrected chi connectivity index (χ4v) is 3.69. The van der Waals surface area contributed by atoms with Crippen LogP contribution in [0.3, 0.4) is 0 Å². The highest BCUT2D eigenvalue weighted by Crippen LogP contribution is 2.31. The highest BCUT2D eigenvalue weighted by Gasteiger charge is 2.32. The number of aryl methyl sites for hydroxylation is 1. The Balaban J connectivity index is 1.43. The summed E-state index contributed by atoms with van der Waals surface area (Å²) in [7, 11) is 0. The van der Waals surface area contributed by atoms with Gasteiger partial charge in [0.1, 0.15) is 6.54 Å². The predicted octanol–water partition coefficient (Wildman–Crippen LogP) is 2.88. The molecule has 28 heavy (non-hydrogen) atoms. The molecule has 6 nitrogen and oxygen atoms in total. The fourth-order valence-electron chi connectivity index (χ4n) is 3.69. The van der Waals surface area contributed by atoms with Gasteiger partial charge in [-0.2, -0.15) is 0 Å². The smallest absolute Gasteiger partial charge is 0.259 e. The van der Waals surface area contributed by atoms with E-state index in [9.17, 15) is 14.4 Å². The molecule has 3 amide bonds. The van der Waals surface area contributed by atoms with Crippen molar-refractivity contribution in [3.05, 3.63) is 71.3 Å². The van der Waals surface area contributed by atoms with Crippen molar-refractivity contribution in [3.63, 3.8) is 0 Å². The lowest BCUT2D eigenvalue weighted by Gasteiger charge is -2.22. The van der Waals surface area contributed by atoms with Gasteiger partial charge in [-0.3, -0.25) is 19.3 Å². The standard InChI is InChI=1S/C22H21N3O3/c1-13(15-7-9-19-16(11-15)8-10-20(26)24-19)23-21(27)12-25-14(2)17-5-3-4-6-18(17)22(25)28/h3-7,9,11,13H,2,8,10,12H2,1H3,(H,23,27)(H,24,26). The van der Waals surface area contributed by atoms with Crippen LogP contribution in [0.5, 0.6) is 0 Å². The van der Waals surface area contributed by atoms with E-state index in [2.05, 4.69) is 17.2 Å². The molecule has 0 saturated carbocycles. The molecule has 2 heterocycles. The SMILES string of the molecule is C=C1c2ccccc2C(=O)N1CC(=O)NC(C)c1ccc2c(c1)CCC(=O)N2. The molecule has 0 spiro atoms. The van der Waals surface area contributed by atoms with Crippen LogP contribution in [-0.2, 0) is 16.0 Å². The summed E-state index contributed by atoms with van der Waals surface area (Å²) in [6.45, 7) is 5.79. The summed E-state index contributed by atoms with van der Waals surface area (Å²) < 4.78 is 0. The number of nitrogens with one attached hydrogen (secondary N) is 2. The molecule has 6 heteroatoms. The van der Waals surface area contributed by atoms with Crippen LogP contribution in [0.2, 0.25) is 0 Å². The third-order valence-corrected chi connectivity index (χ3v) is 5.24. The molecule has 1 unspecified atom stereocenters. The number of benzene rings is 2. The Bertz CT molecular complexity index is 977. The molecule has 4 rings (SSSR count). The maximum absolute atomic E-state index is 12.6. The quantitative estimate of drug-likeness (QED) is 0.863. The van der Waals surface area contributed by atoms with Crippen LogP contribution in [0.15, 0.2) is 49.0 Å². The third-order valence-electron chi connectivity index (χ3n) is 5.24. The van der Waals surface area contributed by atoms with Gasteiger partial charge in [0.2, 0.25) is 11.8 Å². The fraction of sp³-hybridized carbons (Fsp3) is 0.227. The first-order chi connectivity index (χ1) is 13.4. The monoisotopic (exact) mass is 375 g/mol. The Labute approximate surface area is 163 Å². The van der Waals surface area contributed by atoms with Crippen molar-refractivity contribution < 1.29 is 14.4 Å². The van der Waals surface area contributed by atoms with Crippen molar-refractivity contribution in [1.29, 1.82) is 0 Å². The number of amides is 3. The van der Waals surface area contributed by atoms with E-state index >= 15 is 0 Å². The molecule has 0 fully saturated rings. The summed E-state index contributed by atoms with van der Waals surface area (Å²) in [4.78, 5) is 38.0.